The van der Waals surface area contributed by atoms with Gasteiger partial charge in [-0.25, -0.2) is 0 Å². The topological polar surface area (TPSA) is 32.8 Å². The van der Waals surface area contributed by atoms with Crippen molar-refractivity contribution in [1.82, 2.24) is 4.90 Å². The van der Waals surface area contributed by atoms with E-state index in [0.717, 1.165) is 22.4 Å². The molecule has 1 heterocycles. The van der Waals surface area contributed by atoms with Crippen molar-refractivity contribution in [3.63, 3.8) is 0 Å². The Morgan fingerprint density at radius 2 is 1.60 bits per heavy atom. The first-order valence-electron chi connectivity index (χ1n) is 9.71. The van der Waals surface area contributed by atoms with Crippen LogP contribution in [-0.2, 0) is 11.4 Å². The van der Waals surface area contributed by atoms with Gasteiger partial charge in [-0.1, -0.05) is 66.2 Å². The summed E-state index contributed by atoms with van der Waals surface area (Å²) in [6, 6.07) is 25.7. The Labute approximate surface area is 182 Å². The van der Waals surface area contributed by atoms with Crippen molar-refractivity contribution < 1.29 is 9.53 Å². The zero-order valence-electron chi connectivity index (χ0n) is 16.9. The van der Waals surface area contributed by atoms with E-state index in [1.807, 2.05) is 96.8 Å². The lowest BCUT2D eigenvalue weighted by atomic mass is 10.1. The molecule has 0 atom stereocenters. The molecule has 3 aromatic carbocycles. The van der Waals surface area contributed by atoms with Crippen molar-refractivity contribution in [2.75, 3.05) is 11.9 Å². The maximum absolute atomic E-state index is 12.9. The molecule has 3 aromatic rings. The minimum atomic E-state index is -0.140. The zero-order chi connectivity index (χ0) is 21.1. The van der Waals surface area contributed by atoms with Crippen LogP contribution in [-0.4, -0.2) is 23.0 Å². The fourth-order valence-corrected chi connectivity index (χ4v) is 3.58. The molecule has 0 aromatic heterocycles. The minimum absolute atomic E-state index is 0.140. The van der Waals surface area contributed by atoms with E-state index in [4.69, 9.17) is 17.0 Å². The van der Waals surface area contributed by atoms with Gasteiger partial charge in [0.2, 0.25) is 0 Å². The highest BCUT2D eigenvalue weighted by Gasteiger charge is 2.36. The summed E-state index contributed by atoms with van der Waals surface area (Å²) >= 11 is 5.56. The molecule has 150 valence electrons. The van der Waals surface area contributed by atoms with E-state index in [0.29, 0.717) is 23.2 Å². The average molecular weight is 415 g/mol. The Morgan fingerprint density at radius 1 is 0.933 bits per heavy atom. The number of likely N-dealkylation sites (N-methyl/N-ethyl adjacent to an activating group) is 1. The molecule has 0 spiro atoms. The number of carbonyl (C=O) groups excluding carboxylic acids is 1. The molecule has 30 heavy (non-hydrogen) atoms. The van der Waals surface area contributed by atoms with Crippen LogP contribution in [0.2, 0.25) is 0 Å². The first-order valence-corrected chi connectivity index (χ1v) is 10.1. The molecule has 1 fully saturated rings. The normalized spacial score (nSPS) is 15.2. The van der Waals surface area contributed by atoms with Crippen LogP contribution < -0.4 is 9.64 Å². The van der Waals surface area contributed by atoms with E-state index in [9.17, 15) is 4.79 Å². The number of aryl methyl sites for hydroxylation is 1. The van der Waals surface area contributed by atoms with Crippen LogP contribution in [0.5, 0.6) is 5.75 Å². The van der Waals surface area contributed by atoms with E-state index in [2.05, 4.69) is 0 Å². The van der Waals surface area contributed by atoms with Crippen molar-refractivity contribution in [3.8, 4) is 5.75 Å². The van der Waals surface area contributed by atoms with Gasteiger partial charge >= 0.3 is 0 Å². The number of para-hydroxylation sites is 1. The maximum Gasteiger partial charge on any atom is 0.276 e. The monoisotopic (exact) mass is 414 g/mol. The lowest BCUT2D eigenvalue weighted by molar-refractivity contribution is -0.121. The summed E-state index contributed by atoms with van der Waals surface area (Å²) in [5.74, 6) is 0.574. The van der Waals surface area contributed by atoms with Gasteiger partial charge in [0.25, 0.3) is 5.91 Å². The number of carbonyl (C=O) groups is 1. The van der Waals surface area contributed by atoms with Crippen LogP contribution in [0.4, 0.5) is 5.69 Å². The molecule has 4 rings (SSSR count). The van der Waals surface area contributed by atoms with Gasteiger partial charge in [-0.05, 0) is 49.0 Å². The Morgan fingerprint density at radius 3 is 2.33 bits per heavy atom. The predicted molar refractivity (Wildman–Crippen MR) is 124 cm³/mol. The molecule has 1 aliphatic rings. The summed E-state index contributed by atoms with van der Waals surface area (Å²) < 4.78 is 6.06. The number of benzene rings is 3. The number of amides is 1. The molecule has 1 saturated heterocycles. The summed E-state index contributed by atoms with van der Waals surface area (Å²) in [5.41, 5.74) is 4.42. The number of hydrogen-bond acceptors (Lipinski definition) is 3. The van der Waals surface area contributed by atoms with Crippen molar-refractivity contribution in [2.24, 2.45) is 0 Å². The molecule has 0 radical (unpaired) electrons. The van der Waals surface area contributed by atoms with Crippen LogP contribution in [0.1, 0.15) is 16.7 Å². The molecule has 1 aliphatic heterocycles. The molecule has 5 heteroatoms. The number of rotatable bonds is 5. The van der Waals surface area contributed by atoms with Gasteiger partial charge in [0.05, 0.1) is 0 Å². The van der Waals surface area contributed by atoms with Gasteiger partial charge in [0.1, 0.15) is 18.1 Å². The van der Waals surface area contributed by atoms with Crippen LogP contribution in [0.25, 0.3) is 6.08 Å². The average Bonchev–Trinajstić information content (AvgIpc) is 2.98. The summed E-state index contributed by atoms with van der Waals surface area (Å²) in [5, 5.41) is 0.456. The summed E-state index contributed by atoms with van der Waals surface area (Å²) in [4.78, 5) is 16.3. The zero-order valence-corrected chi connectivity index (χ0v) is 17.7. The van der Waals surface area contributed by atoms with E-state index < -0.39 is 0 Å². The van der Waals surface area contributed by atoms with E-state index >= 15 is 0 Å². The summed E-state index contributed by atoms with van der Waals surface area (Å²) in [6.45, 7) is 2.48. The third-order valence-corrected chi connectivity index (χ3v) is 5.44. The smallest absolute Gasteiger partial charge is 0.276 e. The van der Waals surface area contributed by atoms with Gasteiger partial charge in [-0.3, -0.25) is 14.6 Å². The molecule has 0 saturated carbocycles. The van der Waals surface area contributed by atoms with Crippen molar-refractivity contribution in [3.05, 3.63) is 101 Å². The Kier molecular flexibility index (Phi) is 5.63. The fourth-order valence-electron chi connectivity index (χ4n) is 3.29. The largest absolute Gasteiger partial charge is 0.488 e. The van der Waals surface area contributed by atoms with Crippen LogP contribution >= 0.6 is 12.2 Å². The molecular weight excluding hydrogens is 392 g/mol. The van der Waals surface area contributed by atoms with E-state index in [1.165, 1.54) is 4.90 Å². The SMILES string of the molecule is Cc1ccc(N2C(=S)N(C)C(=O)/C2=C\c2ccccc2OCc2ccccc2)cc1. The van der Waals surface area contributed by atoms with Gasteiger partial charge in [-0.15, -0.1) is 0 Å². The first kappa shape index (κ1) is 19.9. The molecule has 0 bridgehead atoms. The van der Waals surface area contributed by atoms with Gasteiger partial charge in [0, 0.05) is 18.3 Å². The second-order valence-corrected chi connectivity index (χ2v) is 7.52. The molecule has 0 unspecified atom stereocenters. The van der Waals surface area contributed by atoms with E-state index in [-0.39, 0.29) is 5.91 Å². The Balaban J connectivity index is 1.69. The van der Waals surface area contributed by atoms with Crippen molar-refractivity contribution in [1.29, 1.82) is 0 Å². The highest BCUT2D eigenvalue weighted by molar-refractivity contribution is 7.80. The molecule has 0 aliphatic carbocycles. The highest BCUT2D eigenvalue weighted by atomic mass is 32.1. The number of hydrogen-bond donors (Lipinski definition) is 0. The van der Waals surface area contributed by atoms with Crippen LogP contribution in [0.15, 0.2) is 84.6 Å². The van der Waals surface area contributed by atoms with Crippen LogP contribution in [0, 0.1) is 6.92 Å². The third-order valence-electron chi connectivity index (χ3n) is 4.98. The van der Waals surface area contributed by atoms with Crippen LogP contribution in [0.3, 0.4) is 0 Å². The summed E-state index contributed by atoms with van der Waals surface area (Å²) in [6.07, 6.45) is 1.85. The maximum atomic E-state index is 12.9. The second-order valence-electron chi connectivity index (χ2n) is 7.16. The quantitative estimate of drug-likeness (QED) is 0.426. The number of thiocarbonyl (C=S) groups is 1. The highest BCUT2D eigenvalue weighted by Crippen LogP contribution is 2.31. The minimum Gasteiger partial charge on any atom is -0.488 e. The lowest BCUT2D eigenvalue weighted by Crippen LogP contribution is -2.29. The van der Waals surface area contributed by atoms with Gasteiger partial charge in [-0.2, -0.15) is 0 Å². The van der Waals surface area contributed by atoms with Gasteiger partial charge < -0.3 is 4.74 Å². The Hall–Kier alpha value is -3.44. The van der Waals surface area contributed by atoms with E-state index in [1.54, 1.807) is 7.05 Å². The summed E-state index contributed by atoms with van der Waals surface area (Å²) in [7, 11) is 1.70. The standard InChI is InChI=1S/C25H22N2O2S/c1-18-12-14-21(15-13-18)27-22(24(28)26(2)25(27)30)16-20-10-6-7-11-23(20)29-17-19-8-4-3-5-9-19/h3-16H,17H2,1-2H3/b22-16+. The third kappa shape index (κ3) is 3.98. The molecule has 4 nitrogen and oxygen atoms in total. The molecular formula is C25H22N2O2S. The fraction of sp³-hybridized carbons (Fsp3) is 0.120. The van der Waals surface area contributed by atoms with Crippen molar-refractivity contribution in [2.45, 2.75) is 13.5 Å². The number of ether oxygens (including phenoxy) is 1. The van der Waals surface area contributed by atoms with Crippen molar-refractivity contribution >= 4 is 35.0 Å². The second kappa shape index (κ2) is 8.51. The number of nitrogens with zero attached hydrogens (tertiary/aromatic N) is 2. The Bertz CT molecular complexity index is 1110. The molecule has 1 amide bonds. The first-order chi connectivity index (χ1) is 14.5. The molecule has 0 N–H and O–H groups in total. The number of anilines is 1. The predicted octanol–water partition coefficient (Wildman–Crippen LogP) is 5.18. The van der Waals surface area contributed by atoms with Gasteiger partial charge in [0.15, 0.2) is 5.11 Å². The lowest BCUT2D eigenvalue weighted by Gasteiger charge is -2.19.